The maximum absolute atomic E-state index is 12.5. The number of hydrogen-bond donors (Lipinski definition) is 0. The Hall–Kier alpha value is -1.97. The summed E-state index contributed by atoms with van der Waals surface area (Å²) in [7, 11) is -1.95. The third kappa shape index (κ3) is 2.90. The van der Waals surface area contributed by atoms with Crippen LogP contribution in [0, 0.1) is 0 Å². The molecule has 1 aromatic carbocycles. The van der Waals surface area contributed by atoms with Crippen molar-refractivity contribution in [3.05, 3.63) is 30.5 Å². The van der Waals surface area contributed by atoms with Gasteiger partial charge in [-0.3, -0.25) is 0 Å². The zero-order valence-electron chi connectivity index (χ0n) is 13.6. The van der Waals surface area contributed by atoms with Gasteiger partial charge < -0.3 is 4.74 Å². The van der Waals surface area contributed by atoms with E-state index in [-0.39, 0.29) is 4.34 Å². The molecule has 0 aliphatic carbocycles. The number of benzene rings is 1. The molecule has 128 valence electrons. The van der Waals surface area contributed by atoms with E-state index in [2.05, 4.69) is 10.1 Å². The summed E-state index contributed by atoms with van der Waals surface area (Å²) < 4.78 is 33.2. The molecule has 0 radical (unpaired) electrons. The average Bonchev–Trinajstić information content (AvgIpc) is 3.15. The lowest BCUT2D eigenvalue weighted by molar-refractivity contribution is 0.415. The summed E-state index contributed by atoms with van der Waals surface area (Å²) in [5.74, 6) is 0.738. The molecular formula is C15H18N4O3S2. The van der Waals surface area contributed by atoms with Crippen molar-refractivity contribution in [2.75, 3.05) is 20.2 Å². The Morgan fingerprint density at radius 1 is 1.29 bits per heavy atom. The summed E-state index contributed by atoms with van der Waals surface area (Å²) in [4.78, 5) is 5.02. The molecule has 0 amide bonds. The first-order valence-electron chi connectivity index (χ1n) is 7.50. The Kier molecular flexibility index (Phi) is 4.57. The highest BCUT2D eigenvalue weighted by atomic mass is 32.2. The molecule has 0 spiro atoms. The Morgan fingerprint density at radius 3 is 2.67 bits per heavy atom. The Bertz CT molecular complexity index is 927. The van der Waals surface area contributed by atoms with Crippen LogP contribution in [0.15, 0.2) is 34.8 Å². The molecule has 2 heterocycles. The van der Waals surface area contributed by atoms with Gasteiger partial charge in [0.05, 0.1) is 19.0 Å². The maximum Gasteiger partial charge on any atom is 0.272 e. The number of imidazole rings is 1. The molecule has 24 heavy (non-hydrogen) atoms. The Morgan fingerprint density at radius 2 is 2.04 bits per heavy atom. The summed E-state index contributed by atoms with van der Waals surface area (Å²) >= 11 is 1.07. The second-order valence-corrected chi connectivity index (χ2v) is 8.11. The van der Waals surface area contributed by atoms with Crippen LogP contribution in [0.1, 0.15) is 13.8 Å². The minimum Gasteiger partial charge on any atom is -0.497 e. The molecule has 9 heteroatoms. The van der Waals surface area contributed by atoms with Crippen molar-refractivity contribution in [1.82, 2.24) is 18.9 Å². The molecule has 3 rings (SSSR count). The first-order chi connectivity index (χ1) is 11.5. The lowest BCUT2D eigenvalue weighted by Crippen LogP contribution is -2.30. The molecule has 0 atom stereocenters. The molecular weight excluding hydrogens is 348 g/mol. The van der Waals surface area contributed by atoms with Crippen molar-refractivity contribution in [3.8, 4) is 17.0 Å². The second-order valence-electron chi connectivity index (χ2n) is 5.04. The molecule has 0 saturated carbocycles. The fraction of sp³-hybridized carbons (Fsp3) is 0.333. The zero-order chi connectivity index (χ0) is 17.3. The topological polar surface area (TPSA) is 76.8 Å². The first-order valence-corrected chi connectivity index (χ1v) is 9.76. The molecule has 0 aliphatic heterocycles. The van der Waals surface area contributed by atoms with Crippen LogP contribution in [0.2, 0.25) is 0 Å². The number of hydrogen-bond acceptors (Lipinski definition) is 6. The fourth-order valence-electron chi connectivity index (χ4n) is 2.38. The first kappa shape index (κ1) is 16.9. The van der Waals surface area contributed by atoms with Crippen LogP contribution in [0.5, 0.6) is 5.75 Å². The third-order valence-corrected chi connectivity index (χ3v) is 6.97. The molecule has 2 aromatic heterocycles. The van der Waals surface area contributed by atoms with Crippen LogP contribution in [-0.2, 0) is 10.0 Å². The Balaban J connectivity index is 1.99. The van der Waals surface area contributed by atoms with Crippen molar-refractivity contribution in [3.63, 3.8) is 0 Å². The van der Waals surface area contributed by atoms with E-state index in [9.17, 15) is 8.42 Å². The number of methoxy groups -OCH3 is 1. The smallest absolute Gasteiger partial charge is 0.272 e. The predicted octanol–water partition coefficient (Wildman–Crippen LogP) is 2.50. The number of ether oxygens (including phenoxy) is 1. The highest BCUT2D eigenvalue weighted by Gasteiger charge is 2.26. The molecule has 0 bridgehead atoms. The molecule has 0 fully saturated rings. The van der Waals surface area contributed by atoms with Gasteiger partial charge in [0.15, 0.2) is 0 Å². The van der Waals surface area contributed by atoms with Crippen molar-refractivity contribution in [2.24, 2.45) is 0 Å². The van der Waals surface area contributed by atoms with Crippen LogP contribution >= 0.6 is 11.3 Å². The van der Waals surface area contributed by atoms with Gasteiger partial charge >= 0.3 is 0 Å². The molecule has 3 aromatic rings. The van der Waals surface area contributed by atoms with E-state index in [1.807, 2.05) is 24.3 Å². The molecule has 0 saturated heterocycles. The SMILES string of the molecule is CCN(CC)S(=O)(=O)c1nn2cc(-c3cccc(OC)c3)nc2s1. The van der Waals surface area contributed by atoms with Gasteiger partial charge in [-0.2, -0.15) is 4.31 Å². The largest absolute Gasteiger partial charge is 0.497 e. The number of aromatic nitrogens is 3. The number of sulfonamides is 1. The molecule has 0 aliphatic rings. The third-order valence-electron chi connectivity index (χ3n) is 3.66. The Labute approximate surface area is 144 Å². The van der Waals surface area contributed by atoms with Crippen LogP contribution in [-0.4, -0.2) is 47.5 Å². The van der Waals surface area contributed by atoms with E-state index in [4.69, 9.17) is 4.74 Å². The van der Waals surface area contributed by atoms with E-state index in [1.165, 1.54) is 8.82 Å². The standard InChI is InChI=1S/C15H18N4O3S2/c1-4-18(5-2)24(20,21)15-17-19-10-13(16-14(19)23-15)11-7-6-8-12(9-11)22-3/h6-10H,4-5H2,1-3H3. The van der Waals surface area contributed by atoms with Gasteiger partial charge in [-0.1, -0.05) is 37.3 Å². The summed E-state index contributed by atoms with van der Waals surface area (Å²) in [5.41, 5.74) is 1.61. The van der Waals surface area contributed by atoms with Gasteiger partial charge in [0.1, 0.15) is 5.75 Å². The van der Waals surface area contributed by atoms with Crippen LogP contribution in [0.25, 0.3) is 16.2 Å². The van der Waals surface area contributed by atoms with Gasteiger partial charge in [0.25, 0.3) is 10.0 Å². The van der Waals surface area contributed by atoms with Crippen LogP contribution < -0.4 is 4.74 Å². The van der Waals surface area contributed by atoms with Gasteiger partial charge in [-0.25, -0.2) is 17.9 Å². The minimum absolute atomic E-state index is 0.0610. The lowest BCUT2D eigenvalue weighted by atomic mass is 10.1. The zero-order valence-corrected chi connectivity index (χ0v) is 15.3. The van der Waals surface area contributed by atoms with E-state index in [1.54, 1.807) is 27.2 Å². The molecule has 0 unspecified atom stereocenters. The average molecular weight is 366 g/mol. The lowest BCUT2D eigenvalue weighted by Gasteiger charge is -2.15. The highest BCUT2D eigenvalue weighted by Crippen LogP contribution is 2.27. The van der Waals surface area contributed by atoms with Gasteiger partial charge in [0, 0.05) is 18.7 Å². The van der Waals surface area contributed by atoms with Crippen LogP contribution in [0.3, 0.4) is 0 Å². The summed E-state index contributed by atoms with van der Waals surface area (Å²) in [6.45, 7) is 4.44. The highest BCUT2D eigenvalue weighted by molar-refractivity contribution is 7.91. The molecule has 0 N–H and O–H groups in total. The van der Waals surface area contributed by atoms with Crippen molar-refractivity contribution < 1.29 is 13.2 Å². The van der Waals surface area contributed by atoms with Gasteiger partial charge in [-0.15, -0.1) is 5.10 Å². The van der Waals surface area contributed by atoms with E-state index >= 15 is 0 Å². The number of rotatable bonds is 6. The van der Waals surface area contributed by atoms with Crippen molar-refractivity contribution in [2.45, 2.75) is 18.2 Å². The normalized spacial score (nSPS) is 12.2. The van der Waals surface area contributed by atoms with E-state index in [0.29, 0.717) is 18.1 Å². The monoisotopic (exact) mass is 366 g/mol. The summed E-state index contributed by atoms with van der Waals surface area (Å²) in [5, 5.41) is 4.20. The van der Waals surface area contributed by atoms with E-state index < -0.39 is 10.0 Å². The quantitative estimate of drug-likeness (QED) is 0.670. The van der Waals surface area contributed by atoms with Crippen LogP contribution in [0.4, 0.5) is 0 Å². The second kappa shape index (κ2) is 6.50. The number of fused-ring (bicyclic) bond motifs is 1. The van der Waals surface area contributed by atoms with Crippen molar-refractivity contribution in [1.29, 1.82) is 0 Å². The molecule has 7 nitrogen and oxygen atoms in total. The minimum atomic E-state index is -3.56. The van der Waals surface area contributed by atoms with Gasteiger partial charge in [0.2, 0.25) is 9.30 Å². The number of nitrogens with zero attached hydrogens (tertiary/aromatic N) is 4. The maximum atomic E-state index is 12.5. The fourth-order valence-corrected chi connectivity index (χ4v) is 5.05. The van der Waals surface area contributed by atoms with Crippen molar-refractivity contribution >= 4 is 26.3 Å². The predicted molar refractivity (Wildman–Crippen MR) is 93.0 cm³/mol. The summed E-state index contributed by atoms with van der Waals surface area (Å²) in [6, 6.07) is 7.53. The summed E-state index contributed by atoms with van der Waals surface area (Å²) in [6.07, 6.45) is 1.72. The van der Waals surface area contributed by atoms with Gasteiger partial charge in [-0.05, 0) is 12.1 Å². The van der Waals surface area contributed by atoms with E-state index in [0.717, 1.165) is 28.3 Å².